The molecule has 0 radical (unpaired) electrons. The predicted molar refractivity (Wildman–Crippen MR) is 165 cm³/mol. The van der Waals surface area contributed by atoms with Crippen LogP contribution in [0.2, 0.25) is 0 Å². The summed E-state index contributed by atoms with van der Waals surface area (Å²) in [6.45, 7) is 21.0. The standard InChI is InChI=1S/C13H16O5S.C7H10O3.C6H10O3.C5H8O2/c1-10(2)13(14)17-8-9-18-19(15,16)12-6-4-11(3)5-7-12;1-5(2)7(8)10-4-6-3-9-6;1-2-6(8)9-5-3-4-7;1-4(2)5(6)7-3/h4-7H,1,8-9H2,2-3H3;6H,1,3-4H2,2H3;2,7H,1,3-5H2;1H2,2-3H3. The Labute approximate surface area is 265 Å². The molecule has 45 heavy (non-hydrogen) atoms. The van der Waals surface area contributed by atoms with Crippen LogP contribution >= 0.6 is 0 Å². The van der Waals surface area contributed by atoms with E-state index >= 15 is 0 Å². The normalized spacial score (nSPS) is 12.4. The van der Waals surface area contributed by atoms with Gasteiger partial charge in [0.05, 0.1) is 25.2 Å². The summed E-state index contributed by atoms with van der Waals surface area (Å²) in [4.78, 5) is 42.3. The third-order valence-electron chi connectivity index (χ3n) is 4.61. The average molecular weight is 657 g/mol. The molecule has 2 rings (SSSR count). The van der Waals surface area contributed by atoms with Crippen LogP contribution in [0.25, 0.3) is 0 Å². The van der Waals surface area contributed by atoms with Gasteiger partial charge in [-0.05, 0) is 39.8 Å². The van der Waals surface area contributed by atoms with E-state index < -0.39 is 22.1 Å². The summed E-state index contributed by atoms with van der Waals surface area (Å²) in [5.41, 5.74) is 2.07. The van der Waals surface area contributed by atoms with Crippen molar-refractivity contribution in [2.75, 3.05) is 46.8 Å². The van der Waals surface area contributed by atoms with Gasteiger partial charge in [0.2, 0.25) is 0 Å². The molecule has 1 fully saturated rings. The van der Waals surface area contributed by atoms with Crippen molar-refractivity contribution in [1.82, 2.24) is 0 Å². The summed E-state index contributed by atoms with van der Waals surface area (Å²) in [6.07, 6.45) is 1.72. The summed E-state index contributed by atoms with van der Waals surface area (Å²) in [6, 6.07) is 6.28. The first kappa shape index (κ1) is 43.0. The number of aliphatic hydroxyl groups is 1. The Morgan fingerprint density at radius 2 is 1.40 bits per heavy atom. The first-order chi connectivity index (χ1) is 21.0. The van der Waals surface area contributed by atoms with Crippen molar-refractivity contribution in [3.63, 3.8) is 0 Å². The van der Waals surface area contributed by atoms with E-state index in [2.05, 4.69) is 35.8 Å². The van der Waals surface area contributed by atoms with Gasteiger partial charge in [-0.15, -0.1) is 0 Å². The third-order valence-corrected chi connectivity index (χ3v) is 5.94. The highest BCUT2D eigenvalue weighted by molar-refractivity contribution is 7.86. The molecular formula is C31H44O13S. The highest BCUT2D eigenvalue weighted by Gasteiger charge is 2.24. The molecule has 1 heterocycles. The zero-order valence-electron chi connectivity index (χ0n) is 26.5. The number of carbonyl (C=O) groups is 4. The number of ether oxygens (including phenoxy) is 5. The van der Waals surface area contributed by atoms with E-state index in [-0.39, 0.29) is 54.9 Å². The monoisotopic (exact) mass is 656 g/mol. The maximum absolute atomic E-state index is 11.7. The smallest absolute Gasteiger partial charge is 0.333 e. The Kier molecular flexibility index (Phi) is 23.2. The second-order valence-electron chi connectivity index (χ2n) is 9.06. The van der Waals surface area contributed by atoms with Gasteiger partial charge in [0.15, 0.2) is 0 Å². The molecule has 252 valence electrons. The van der Waals surface area contributed by atoms with Crippen molar-refractivity contribution in [3.8, 4) is 0 Å². The maximum Gasteiger partial charge on any atom is 0.333 e. The van der Waals surface area contributed by atoms with E-state index in [1.54, 1.807) is 26.0 Å². The Balaban J connectivity index is 0. The molecule has 0 aliphatic carbocycles. The zero-order chi connectivity index (χ0) is 35.0. The molecule has 1 aliphatic heterocycles. The summed E-state index contributed by atoms with van der Waals surface area (Å²) < 4.78 is 51.3. The minimum atomic E-state index is -3.81. The third kappa shape index (κ3) is 24.0. The van der Waals surface area contributed by atoms with Crippen LogP contribution in [-0.2, 0) is 57.2 Å². The number of aliphatic hydroxyl groups excluding tert-OH is 1. The number of methoxy groups -OCH3 is 1. The number of hydrogen-bond donors (Lipinski definition) is 1. The number of epoxide rings is 1. The van der Waals surface area contributed by atoms with Gasteiger partial charge in [-0.2, -0.15) is 8.42 Å². The van der Waals surface area contributed by atoms with Gasteiger partial charge in [0.25, 0.3) is 10.1 Å². The first-order valence-electron chi connectivity index (χ1n) is 13.4. The molecule has 14 heteroatoms. The van der Waals surface area contributed by atoms with Gasteiger partial charge in [-0.25, -0.2) is 19.2 Å². The number of rotatable bonds is 14. The van der Waals surface area contributed by atoms with Gasteiger partial charge >= 0.3 is 23.9 Å². The second kappa shape index (κ2) is 24.2. The Morgan fingerprint density at radius 3 is 1.80 bits per heavy atom. The van der Waals surface area contributed by atoms with Gasteiger partial charge in [0.1, 0.15) is 25.9 Å². The first-order valence-corrected chi connectivity index (χ1v) is 14.8. The summed E-state index contributed by atoms with van der Waals surface area (Å²) in [5, 5.41) is 8.23. The summed E-state index contributed by atoms with van der Waals surface area (Å²) in [7, 11) is -2.48. The maximum atomic E-state index is 11.7. The molecule has 0 saturated carbocycles. The molecule has 1 aromatic rings. The van der Waals surface area contributed by atoms with Crippen LogP contribution in [0, 0.1) is 6.92 Å². The van der Waals surface area contributed by atoms with Gasteiger partial charge in [-0.1, -0.05) is 44.0 Å². The van der Waals surface area contributed by atoms with E-state index in [4.69, 9.17) is 23.5 Å². The van der Waals surface area contributed by atoms with Crippen LogP contribution in [0.4, 0.5) is 0 Å². The van der Waals surface area contributed by atoms with Crippen LogP contribution in [0.1, 0.15) is 32.8 Å². The largest absolute Gasteiger partial charge is 0.466 e. The van der Waals surface area contributed by atoms with E-state index in [0.29, 0.717) is 30.8 Å². The van der Waals surface area contributed by atoms with Crippen molar-refractivity contribution >= 4 is 34.0 Å². The van der Waals surface area contributed by atoms with Gasteiger partial charge in [-0.3, -0.25) is 4.18 Å². The second-order valence-corrected chi connectivity index (χ2v) is 10.7. The van der Waals surface area contributed by atoms with Crippen molar-refractivity contribution in [1.29, 1.82) is 0 Å². The van der Waals surface area contributed by atoms with Crippen molar-refractivity contribution in [3.05, 3.63) is 78.9 Å². The molecule has 0 aromatic heterocycles. The highest BCUT2D eigenvalue weighted by Crippen LogP contribution is 2.13. The quantitative estimate of drug-likeness (QED) is 0.0771. The molecule has 1 N–H and O–H groups in total. The molecule has 1 aliphatic rings. The van der Waals surface area contributed by atoms with Crippen LogP contribution < -0.4 is 0 Å². The Morgan fingerprint density at radius 1 is 0.889 bits per heavy atom. The van der Waals surface area contributed by atoms with Crippen LogP contribution in [0.3, 0.4) is 0 Å². The summed E-state index contributed by atoms with van der Waals surface area (Å²) in [5.74, 6) is -1.70. The number of aryl methyl sites for hydroxylation is 1. The molecule has 1 aromatic carbocycles. The van der Waals surface area contributed by atoms with Crippen molar-refractivity contribution in [2.24, 2.45) is 0 Å². The molecule has 1 atom stereocenters. The Bertz CT molecular complexity index is 1240. The number of hydrogen-bond acceptors (Lipinski definition) is 13. The Hall–Kier alpha value is -4.11. The predicted octanol–water partition coefficient (Wildman–Crippen LogP) is 3.16. The fourth-order valence-corrected chi connectivity index (χ4v) is 2.99. The van der Waals surface area contributed by atoms with Crippen molar-refractivity contribution in [2.45, 2.75) is 45.1 Å². The minimum Gasteiger partial charge on any atom is -0.466 e. The molecule has 0 spiro atoms. The average Bonchev–Trinajstić information content (AvgIpc) is 3.83. The van der Waals surface area contributed by atoms with Crippen molar-refractivity contribution < 1.29 is 60.6 Å². The van der Waals surface area contributed by atoms with Crippen LogP contribution in [0.5, 0.6) is 0 Å². The molecule has 1 unspecified atom stereocenters. The zero-order valence-corrected chi connectivity index (χ0v) is 27.3. The van der Waals surface area contributed by atoms with Crippen LogP contribution in [-0.4, -0.2) is 90.3 Å². The lowest BCUT2D eigenvalue weighted by Gasteiger charge is -2.07. The van der Waals surface area contributed by atoms with Gasteiger partial charge < -0.3 is 28.8 Å². The lowest BCUT2D eigenvalue weighted by Crippen LogP contribution is -2.14. The molecule has 0 amide bonds. The lowest BCUT2D eigenvalue weighted by atomic mass is 10.2. The lowest BCUT2D eigenvalue weighted by molar-refractivity contribution is -0.140. The molecule has 1 saturated heterocycles. The SMILES string of the molecule is C=C(C)C(=O)OC.C=C(C)C(=O)OCC1CO1.C=C(C)C(=O)OCCOS(=O)(=O)c1ccc(C)cc1.C=CC(=O)OCCCO. The summed E-state index contributed by atoms with van der Waals surface area (Å²) >= 11 is 0. The van der Waals surface area contributed by atoms with Crippen LogP contribution in [0.15, 0.2) is 78.3 Å². The molecule has 13 nitrogen and oxygen atoms in total. The number of esters is 4. The minimum absolute atomic E-state index is 0.0461. The number of benzene rings is 1. The highest BCUT2D eigenvalue weighted by atomic mass is 32.2. The van der Waals surface area contributed by atoms with E-state index in [9.17, 15) is 27.6 Å². The van der Waals surface area contributed by atoms with E-state index in [1.807, 2.05) is 6.92 Å². The molecular weight excluding hydrogens is 612 g/mol. The fraction of sp³-hybridized carbons (Fsp3) is 0.419. The number of carbonyl (C=O) groups excluding carboxylic acids is 4. The van der Waals surface area contributed by atoms with E-state index in [0.717, 1.165) is 11.6 Å². The fourth-order valence-electron chi connectivity index (χ4n) is 2.10. The van der Waals surface area contributed by atoms with E-state index in [1.165, 1.54) is 26.2 Å². The van der Waals surface area contributed by atoms with Gasteiger partial charge in [0, 0.05) is 35.8 Å². The topological polar surface area (TPSA) is 181 Å². The molecule has 0 bridgehead atoms.